The second-order valence-electron chi connectivity index (χ2n) is 0.981. The Bertz CT molecular complexity index is 73.2. The van der Waals surface area contributed by atoms with Crippen LogP contribution in [0.3, 0.4) is 0 Å². The van der Waals surface area contributed by atoms with Crippen molar-refractivity contribution in [3.05, 3.63) is 11.6 Å². The Labute approximate surface area is 55.3 Å². The molecule has 34 valence electrons. The molecule has 0 aromatic rings. The first-order valence-corrected chi connectivity index (χ1v) is 3.61. The standard InChI is InChI=1S/C3H4INS/c4-5-1-2-6-3-5/h1-2H,3H2. The van der Waals surface area contributed by atoms with Crippen LogP contribution in [0.1, 0.15) is 0 Å². The molecule has 1 nitrogen and oxygen atoms in total. The lowest BCUT2D eigenvalue weighted by atomic mass is 11.0. The molecule has 0 aromatic carbocycles. The summed E-state index contributed by atoms with van der Waals surface area (Å²) >= 11 is 4.08. The number of halogens is 1. The Morgan fingerprint density at radius 2 is 2.67 bits per heavy atom. The molecule has 0 spiro atoms. The van der Waals surface area contributed by atoms with Gasteiger partial charge in [-0.05, 0) is 5.41 Å². The van der Waals surface area contributed by atoms with Crippen LogP contribution in [0.15, 0.2) is 11.6 Å². The minimum atomic E-state index is 1.11. The zero-order chi connectivity index (χ0) is 4.41. The molecule has 0 aliphatic carbocycles. The molecule has 1 aliphatic heterocycles. The second kappa shape index (κ2) is 2.07. The fourth-order valence-corrected chi connectivity index (χ4v) is 1.68. The summed E-state index contributed by atoms with van der Waals surface area (Å²) in [5, 5.41) is 2.09. The van der Waals surface area contributed by atoms with Gasteiger partial charge in [0, 0.05) is 6.20 Å². The van der Waals surface area contributed by atoms with Crippen LogP contribution in [0, 0.1) is 0 Å². The van der Waals surface area contributed by atoms with E-state index in [1.807, 2.05) is 11.8 Å². The van der Waals surface area contributed by atoms with Crippen molar-refractivity contribution in [3.8, 4) is 0 Å². The summed E-state index contributed by atoms with van der Waals surface area (Å²) in [6, 6.07) is 0. The molecule has 0 atom stereocenters. The van der Waals surface area contributed by atoms with Gasteiger partial charge in [-0.25, -0.2) is 0 Å². The van der Waals surface area contributed by atoms with Crippen molar-refractivity contribution in [3.63, 3.8) is 0 Å². The van der Waals surface area contributed by atoms with E-state index in [1.54, 1.807) is 0 Å². The molecule has 0 bridgehead atoms. The number of thioether (sulfide) groups is 1. The summed E-state index contributed by atoms with van der Waals surface area (Å²) in [6.45, 7) is 0. The maximum Gasteiger partial charge on any atom is 0.0771 e. The molecule has 0 aromatic heterocycles. The first-order valence-electron chi connectivity index (χ1n) is 1.60. The highest BCUT2D eigenvalue weighted by Gasteiger charge is 1.95. The van der Waals surface area contributed by atoms with Gasteiger partial charge in [0.25, 0.3) is 0 Å². The van der Waals surface area contributed by atoms with E-state index in [0.717, 1.165) is 5.88 Å². The topological polar surface area (TPSA) is 3.24 Å². The van der Waals surface area contributed by atoms with E-state index in [-0.39, 0.29) is 0 Å². The maximum atomic E-state index is 2.26. The molecule has 1 aliphatic rings. The SMILES string of the molecule is IN1C=CSC1. The van der Waals surface area contributed by atoms with Crippen LogP contribution in [0.2, 0.25) is 0 Å². The Morgan fingerprint density at radius 1 is 1.83 bits per heavy atom. The van der Waals surface area contributed by atoms with Gasteiger partial charge in [0.15, 0.2) is 0 Å². The molecule has 6 heavy (non-hydrogen) atoms. The third-order valence-corrected chi connectivity index (χ3v) is 2.38. The van der Waals surface area contributed by atoms with Crippen LogP contribution < -0.4 is 0 Å². The van der Waals surface area contributed by atoms with Gasteiger partial charge in [0.1, 0.15) is 0 Å². The molecule has 3 heteroatoms. The number of hydrogen-bond donors (Lipinski definition) is 0. The lowest BCUT2D eigenvalue weighted by molar-refractivity contribution is 0.819. The van der Waals surface area contributed by atoms with E-state index < -0.39 is 0 Å². The summed E-state index contributed by atoms with van der Waals surface area (Å²) in [7, 11) is 0. The summed E-state index contributed by atoms with van der Waals surface area (Å²) < 4.78 is 2.11. The highest BCUT2D eigenvalue weighted by atomic mass is 127. The third kappa shape index (κ3) is 1.04. The maximum absolute atomic E-state index is 2.26. The van der Waals surface area contributed by atoms with Gasteiger partial charge in [-0.2, -0.15) is 0 Å². The predicted molar refractivity (Wildman–Crippen MR) is 37.5 cm³/mol. The molecular formula is C3H4INS. The Morgan fingerprint density at radius 3 is 2.83 bits per heavy atom. The van der Waals surface area contributed by atoms with Crippen molar-refractivity contribution in [1.29, 1.82) is 0 Å². The molecule has 0 radical (unpaired) electrons. The zero-order valence-electron chi connectivity index (χ0n) is 3.10. The van der Waals surface area contributed by atoms with E-state index in [0.29, 0.717) is 0 Å². The predicted octanol–water partition coefficient (Wildman–Crippen LogP) is 1.81. The van der Waals surface area contributed by atoms with Crippen molar-refractivity contribution < 1.29 is 0 Å². The van der Waals surface area contributed by atoms with Gasteiger partial charge in [0.2, 0.25) is 0 Å². The number of hydrogen-bond acceptors (Lipinski definition) is 2. The van der Waals surface area contributed by atoms with E-state index >= 15 is 0 Å². The van der Waals surface area contributed by atoms with Crippen LogP contribution in [0.25, 0.3) is 0 Å². The largest absolute Gasteiger partial charge is 0.311 e. The van der Waals surface area contributed by atoms with Gasteiger partial charge in [-0.3, -0.25) is 0 Å². The molecule has 1 heterocycles. The zero-order valence-corrected chi connectivity index (χ0v) is 6.07. The quantitative estimate of drug-likeness (QED) is 0.446. The Balaban J connectivity index is 2.38. The first kappa shape index (κ1) is 4.77. The van der Waals surface area contributed by atoms with Crippen molar-refractivity contribution in [2.24, 2.45) is 0 Å². The molecule has 0 fully saturated rings. The smallest absolute Gasteiger partial charge is 0.0771 e. The lowest BCUT2D eigenvalue weighted by Gasteiger charge is -1.97. The molecule has 0 saturated carbocycles. The second-order valence-corrected chi connectivity index (χ2v) is 3.08. The van der Waals surface area contributed by atoms with Gasteiger partial charge >= 0.3 is 0 Å². The Kier molecular flexibility index (Phi) is 1.64. The van der Waals surface area contributed by atoms with Crippen molar-refractivity contribution in [1.82, 2.24) is 3.11 Å². The monoisotopic (exact) mass is 213 g/mol. The summed E-state index contributed by atoms with van der Waals surface area (Å²) in [6.07, 6.45) is 2.06. The molecular weight excluding hydrogens is 209 g/mol. The highest BCUT2D eigenvalue weighted by Crippen LogP contribution is 2.17. The molecule has 0 N–H and O–H groups in total. The van der Waals surface area contributed by atoms with Crippen molar-refractivity contribution in [2.75, 3.05) is 5.88 Å². The summed E-state index contributed by atoms with van der Waals surface area (Å²) in [4.78, 5) is 0. The average Bonchev–Trinajstić information content (AvgIpc) is 1.86. The van der Waals surface area contributed by atoms with Gasteiger partial charge in [-0.1, -0.05) is 0 Å². The molecule has 0 amide bonds. The van der Waals surface area contributed by atoms with Crippen LogP contribution in [0.5, 0.6) is 0 Å². The Hall–Kier alpha value is 0.620. The van der Waals surface area contributed by atoms with Gasteiger partial charge in [-0.15, -0.1) is 11.8 Å². The minimum absolute atomic E-state index is 1.11. The normalized spacial score (nSPS) is 19.8. The van der Waals surface area contributed by atoms with Gasteiger partial charge < -0.3 is 3.11 Å². The molecule has 0 saturated heterocycles. The first-order chi connectivity index (χ1) is 2.89. The fourth-order valence-electron chi connectivity index (χ4n) is 0.266. The van der Waals surface area contributed by atoms with E-state index in [2.05, 4.69) is 37.6 Å². The van der Waals surface area contributed by atoms with Gasteiger partial charge in [0.05, 0.1) is 28.7 Å². The van der Waals surface area contributed by atoms with Crippen LogP contribution in [-0.4, -0.2) is 8.99 Å². The van der Waals surface area contributed by atoms with Crippen LogP contribution in [0.4, 0.5) is 0 Å². The summed E-state index contributed by atoms with van der Waals surface area (Å²) in [5.41, 5.74) is 0. The van der Waals surface area contributed by atoms with E-state index in [1.165, 1.54) is 0 Å². The van der Waals surface area contributed by atoms with Crippen LogP contribution >= 0.6 is 34.6 Å². The number of nitrogens with zero attached hydrogens (tertiary/aromatic N) is 1. The third-order valence-electron chi connectivity index (χ3n) is 0.517. The molecule has 1 rings (SSSR count). The highest BCUT2D eigenvalue weighted by molar-refractivity contribution is 14.1. The van der Waals surface area contributed by atoms with Crippen molar-refractivity contribution in [2.45, 2.75) is 0 Å². The van der Waals surface area contributed by atoms with E-state index in [4.69, 9.17) is 0 Å². The van der Waals surface area contributed by atoms with Crippen LogP contribution in [-0.2, 0) is 0 Å². The fraction of sp³-hybridized carbons (Fsp3) is 0.333. The average molecular weight is 213 g/mol. The van der Waals surface area contributed by atoms with E-state index in [9.17, 15) is 0 Å². The van der Waals surface area contributed by atoms with Crippen molar-refractivity contribution >= 4 is 34.6 Å². The number of rotatable bonds is 0. The molecule has 0 unspecified atom stereocenters. The summed E-state index contributed by atoms with van der Waals surface area (Å²) in [5.74, 6) is 1.11. The lowest BCUT2D eigenvalue weighted by Crippen LogP contribution is -1.92. The minimum Gasteiger partial charge on any atom is -0.311 e.